The van der Waals surface area contributed by atoms with Crippen LogP contribution in [0.25, 0.3) is 0 Å². The number of rotatable bonds is 6. The van der Waals surface area contributed by atoms with Gasteiger partial charge >= 0.3 is 0 Å². The second-order valence-corrected chi connectivity index (χ2v) is 7.11. The molecule has 0 atom stereocenters. The molecule has 1 aliphatic heterocycles. The zero-order chi connectivity index (χ0) is 19.4. The molecule has 2 aromatic rings. The second-order valence-electron chi connectivity index (χ2n) is 7.11. The fraction of sp³-hybridized carbons (Fsp3) is 0.474. The molecule has 144 valence electrons. The third-order valence-corrected chi connectivity index (χ3v) is 5.08. The van der Waals surface area contributed by atoms with Gasteiger partial charge in [0.2, 0.25) is 5.95 Å². The maximum Gasteiger partial charge on any atom is 0.273 e. The van der Waals surface area contributed by atoms with Gasteiger partial charge in [0.25, 0.3) is 5.69 Å². The van der Waals surface area contributed by atoms with E-state index in [-0.39, 0.29) is 10.6 Å². The topological polar surface area (TPSA) is 78.6 Å². The molecule has 1 aromatic carbocycles. The first-order chi connectivity index (χ1) is 13.0. The minimum atomic E-state index is -0.298. The molecule has 0 N–H and O–H groups in total. The Morgan fingerprint density at radius 3 is 2.56 bits per heavy atom. The SMILES string of the molecule is CN(C)c1nccc(N(C)C2CCN(Cc3ccccc3[N+](=O)[O-])CC2)n1. The van der Waals surface area contributed by atoms with Gasteiger partial charge in [0.05, 0.1) is 4.92 Å². The monoisotopic (exact) mass is 370 g/mol. The lowest BCUT2D eigenvalue weighted by molar-refractivity contribution is -0.385. The minimum Gasteiger partial charge on any atom is -0.356 e. The molecule has 2 heterocycles. The molecule has 1 aromatic heterocycles. The van der Waals surface area contributed by atoms with Gasteiger partial charge in [0.1, 0.15) is 5.82 Å². The fourth-order valence-electron chi connectivity index (χ4n) is 3.47. The molecule has 0 aliphatic carbocycles. The first-order valence-electron chi connectivity index (χ1n) is 9.13. The van der Waals surface area contributed by atoms with Gasteiger partial charge in [-0.2, -0.15) is 4.98 Å². The van der Waals surface area contributed by atoms with Gasteiger partial charge in [-0.1, -0.05) is 18.2 Å². The van der Waals surface area contributed by atoms with E-state index < -0.39 is 0 Å². The summed E-state index contributed by atoms with van der Waals surface area (Å²) in [5, 5.41) is 11.2. The van der Waals surface area contributed by atoms with Gasteiger partial charge in [0.15, 0.2) is 0 Å². The number of hydrogen-bond donors (Lipinski definition) is 0. The highest BCUT2D eigenvalue weighted by atomic mass is 16.6. The molecule has 0 radical (unpaired) electrons. The normalized spacial score (nSPS) is 15.5. The van der Waals surface area contributed by atoms with Crippen LogP contribution < -0.4 is 9.80 Å². The lowest BCUT2D eigenvalue weighted by atomic mass is 10.0. The summed E-state index contributed by atoms with van der Waals surface area (Å²) in [5.41, 5.74) is 0.981. The van der Waals surface area contributed by atoms with Crippen LogP contribution in [0, 0.1) is 10.1 Å². The summed E-state index contributed by atoms with van der Waals surface area (Å²) in [5.74, 6) is 1.62. The van der Waals surface area contributed by atoms with Gasteiger partial charge in [0, 0.05) is 64.6 Å². The summed E-state index contributed by atoms with van der Waals surface area (Å²) in [6.45, 7) is 2.44. The van der Waals surface area contributed by atoms with Gasteiger partial charge in [-0.05, 0) is 18.9 Å². The molecule has 8 nitrogen and oxygen atoms in total. The smallest absolute Gasteiger partial charge is 0.273 e. The Morgan fingerprint density at radius 2 is 1.89 bits per heavy atom. The van der Waals surface area contributed by atoms with Crippen LogP contribution in [0.4, 0.5) is 17.5 Å². The van der Waals surface area contributed by atoms with E-state index >= 15 is 0 Å². The van der Waals surface area contributed by atoms with Crippen LogP contribution in [-0.2, 0) is 6.54 Å². The van der Waals surface area contributed by atoms with E-state index in [9.17, 15) is 10.1 Å². The number of nitrogens with zero attached hydrogens (tertiary/aromatic N) is 6. The van der Waals surface area contributed by atoms with Crippen molar-refractivity contribution in [3.63, 3.8) is 0 Å². The van der Waals surface area contributed by atoms with Crippen LogP contribution in [0.1, 0.15) is 18.4 Å². The van der Waals surface area contributed by atoms with Crippen molar-refractivity contribution < 1.29 is 4.92 Å². The second kappa shape index (κ2) is 8.30. The van der Waals surface area contributed by atoms with Gasteiger partial charge in [-0.15, -0.1) is 0 Å². The van der Waals surface area contributed by atoms with Crippen molar-refractivity contribution in [2.24, 2.45) is 0 Å². The number of nitro groups is 1. The third-order valence-electron chi connectivity index (χ3n) is 5.08. The standard InChI is InChI=1S/C19H26N6O2/c1-22(2)19-20-11-8-18(21-19)23(3)16-9-12-24(13-10-16)14-15-6-4-5-7-17(15)25(26)27/h4-8,11,16H,9-10,12-14H2,1-3H3. The Morgan fingerprint density at radius 1 is 1.19 bits per heavy atom. The van der Waals surface area contributed by atoms with Crippen molar-refractivity contribution in [2.45, 2.75) is 25.4 Å². The van der Waals surface area contributed by atoms with Gasteiger partial charge in [-0.3, -0.25) is 15.0 Å². The third kappa shape index (κ3) is 4.51. The zero-order valence-corrected chi connectivity index (χ0v) is 16.1. The summed E-state index contributed by atoms with van der Waals surface area (Å²) in [6, 6.07) is 9.34. The van der Waals surface area contributed by atoms with Crippen LogP contribution in [-0.4, -0.2) is 60.1 Å². The molecule has 1 saturated heterocycles. The molecule has 0 saturated carbocycles. The first-order valence-corrected chi connectivity index (χ1v) is 9.13. The number of anilines is 2. The van der Waals surface area contributed by atoms with Crippen molar-refractivity contribution in [3.8, 4) is 0 Å². The lowest BCUT2D eigenvalue weighted by Gasteiger charge is -2.37. The number of hydrogen-bond acceptors (Lipinski definition) is 7. The zero-order valence-electron chi connectivity index (χ0n) is 16.1. The molecular weight excluding hydrogens is 344 g/mol. The number of benzene rings is 1. The van der Waals surface area contributed by atoms with Crippen LogP contribution in [0.15, 0.2) is 36.5 Å². The number of piperidine rings is 1. The number of likely N-dealkylation sites (tertiary alicyclic amines) is 1. The van der Waals surface area contributed by atoms with E-state index in [1.54, 1.807) is 18.3 Å². The molecule has 0 bridgehead atoms. The number of nitro benzene ring substituents is 1. The lowest BCUT2D eigenvalue weighted by Crippen LogP contribution is -2.43. The van der Waals surface area contributed by atoms with E-state index in [2.05, 4.69) is 26.8 Å². The molecule has 0 spiro atoms. The van der Waals surface area contributed by atoms with E-state index in [1.165, 1.54) is 0 Å². The van der Waals surface area contributed by atoms with E-state index in [0.717, 1.165) is 37.3 Å². The highest BCUT2D eigenvalue weighted by molar-refractivity contribution is 5.43. The Bertz CT molecular complexity index is 789. The number of aromatic nitrogens is 2. The Labute approximate surface area is 159 Å². The summed E-state index contributed by atoms with van der Waals surface area (Å²) >= 11 is 0. The summed E-state index contributed by atoms with van der Waals surface area (Å²) < 4.78 is 0. The van der Waals surface area contributed by atoms with Crippen LogP contribution in [0.5, 0.6) is 0 Å². The summed E-state index contributed by atoms with van der Waals surface area (Å²) in [6.07, 6.45) is 3.79. The molecule has 8 heteroatoms. The average Bonchev–Trinajstić information content (AvgIpc) is 2.68. The maximum absolute atomic E-state index is 11.2. The average molecular weight is 370 g/mol. The Kier molecular flexibility index (Phi) is 5.85. The van der Waals surface area contributed by atoms with Crippen molar-refractivity contribution in [3.05, 3.63) is 52.2 Å². The largest absolute Gasteiger partial charge is 0.356 e. The van der Waals surface area contributed by atoms with Crippen LogP contribution in [0.3, 0.4) is 0 Å². The van der Waals surface area contributed by atoms with Crippen LogP contribution in [0.2, 0.25) is 0 Å². The summed E-state index contributed by atoms with van der Waals surface area (Å²) in [7, 11) is 5.94. The van der Waals surface area contributed by atoms with Gasteiger partial charge in [-0.25, -0.2) is 4.98 Å². The molecule has 3 rings (SSSR count). The molecule has 27 heavy (non-hydrogen) atoms. The minimum absolute atomic E-state index is 0.203. The maximum atomic E-state index is 11.2. The molecule has 1 aliphatic rings. The Hall–Kier alpha value is -2.74. The van der Waals surface area contributed by atoms with Crippen LogP contribution >= 0.6 is 0 Å². The van der Waals surface area contributed by atoms with Crippen molar-refractivity contribution >= 4 is 17.5 Å². The van der Waals surface area contributed by atoms with Crippen molar-refractivity contribution in [1.29, 1.82) is 0 Å². The van der Waals surface area contributed by atoms with E-state index in [4.69, 9.17) is 0 Å². The predicted octanol–water partition coefficient (Wildman–Crippen LogP) is 2.55. The fourth-order valence-corrected chi connectivity index (χ4v) is 3.47. The Balaban J connectivity index is 1.60. The van der Waals surface area contributed by atoms with Crippen molar-refractivity contribution in [1.82, 2.24) is 14.9 Å². The van der Waals surface area contributed by atoms with E-state index in [0.29, 0.717) is 18.5 Å². The molecular formula is C19H26N6O2. The highest BCUT2D eigenvalue weighted by Crippen LogP contribution is 2.25. The van der Waals surface area contributed by atoms with Crippen molar-refractivity contribution in [2.75, 3.05) is 44.0 Å². The quantitative estimate of drug-likeness (QED) is 0.571. The number of para-hydroxylation sites is 1. The van der Waals surface area contributed by atoms with Gasteiger partial charge < -0.3 is 9.80 Å². The summed E-state index contributed by atoms with van der Waals surface area (Å²) in [4.78, 5) is 26.2. The molecule has 1 fully saturated rings. The molecule has 0 amide bonds. The first kappa shape index (κ1) is 19.0. The molecule has 0 unspecified atom stereocenters. The predicted molar refractivity (Wildman–Crippen MR) is 106 cm³/mol. The van der Waals surface area contributed by atoms with E-state index in [1.807, 2.05) is 37.2 Å². The highest BCUT2D eigenvalue weighted by Gasteiger charge is 2.25.